The molecule has 0 spiro atoms. The third-order valence-corrected chi connectivity index (χ3v) is 12.5. The number of hydrogen-bond acceptors (Lipinski definition) is 5. The first kappa shape index (κ1) is 28.1. The summed E-state index contributed by atoms with van der Waals surface area (Å²) in [7, 11) is -6.05. The highest BCUT2D eigenvalue weighted by Gasteiger charge is 2.39. The molecule has 0 N–H and O–H groups in total. The van der Waals surface area contributed by atoms with E-state index in [0.717, 1.165) is 22.4 Å². The number of hydrogen-bond donors (Lipinski definition) is 0. The third-order valence-electron chi connectivity index (χ3n) is 6.62. The lowest BCUT2D eigenvalue weighted by Crippen LogP contribution is -2.45. The number of aryl methyl sites for hydroxylation is 1. The molecule has 0 amide bonds. The van der Waals surface area contributed by atoms with Crippen molar-refractivity contribution in [3.63, 3.8) is 0 Å². The second-order valence-electron chi connectivity index (χ2n) is 10.7. The van der Waals surface area contributed by atoms with Crippen molar-refractivity contribution in [2.75, 3.05) is 6.61 Å². The summed E-state index contributed by atoms with van der Waals surface area (Å²) in [6, 6.07) is 24.6. The van der Waals surface area contributed by atoms with Gasteiger partial charge in [0.1, 0.15) is 12.4 Å². The Morgan fingerprint density at radius 2 is 1.44 bits per heavy atom. The average Bonchev–Trinajstić information content (AvgIpc) is 2.82. The molecule has 0 saturated heterocycles. The van der Waals surface area contributed by atoms with E-state index in [1.807, 2.05) is 61.5 Å². The fourth-order valence-corrected chi connectivity index (χ4v) is 5.67. The Hall–Kier alpha value is -2.45. The minimum absolute atomic E-state index is 0.0176. The minimum Gasteiger partial charge on any atom is -0.489 e. The Morgan fingerprint density at radius 3 is 2.03 bits per heavy atom. The van der Waals surface area contributed by atoms with Gasteiger partial charge >= 0.3 is 0 Å². The molecule has 0 aliphatic heterocycles. The van der Waals surface area contributed by atoms with Gasteiger partial charge in [-0.15, -0.1) is 0 Å². The maximum atomic E-state index is 12.8. The lowest BCUT2D eigenvalue weighted by molar-refractivity contribution is 0.118. The van der Waals surface area contributed by atoms with Crippen LogP contribution >= 0.6 is 0 Å². The summed E-state index contributed by atoms with van der Waals surface area (Å²) < 4.78 is 43.6. The van der Waals surface area contributed by atoms with Crippen LogP contribution in [0.3, 0.4) is 0 Å². The van der Waals surface area contributed by atoms with Gasteiger partial charge in [-0.1, -0.05) is 80.9 Å². The second kappa shape index (κ2) is 11.7. The topological polar surface area (TPSA) is 61.8 Å². The molecular weight excluding hydrogens is 488 g/mol. The van der Waals surface area contributed by atoms with Crippen molar-refractivity contribution in [2.24, 2.45) is 0 Å². The predicted molar refractivity (Wildman–Crippen MR) is 147 cm³/mol. The van der Waals surface area contributed by atoms with Crippen molar-refractivity contribution in [1.29, 1.82) is 0 Å². The molecule has 0 bridgehead atoms. The molecule has 5 nitrogen and oxygen atoms in total. The van der Waals surface area contributed by atoms with Gasteiger partial charge in [0.05, 0.1) is 17.6 Å². The Balaban J connectivity index is 1.70. The summed E-state index contributed by atoms with van der Waals surface area (Å²) in [6.07, 6.45) is 0.136. The zero-order chi connectivity index (χ0) is 26.4. The molecule has 3 aromatic rings. The minimum atomic E-state index is -3.88. The van der Waals surface area contributed by atoms with Crippen LogP contribution in [0.1, 0.15) is 37.5 Å². The molecule has 36 heavy (non-hydrogen) atoms. The second-order valence-corrected chi connectivity index (χ2v) is 17.0. The van der Waals surface area contributed by atoms with Crippen LogP contribution in [0.2, 0.25) is 18.1 Å². The van der Waals surface area contributed by atoms with Crippen LogP contribution in [0.5, 0.6) is 5.75 Å². The number of ether oxygens (including phenoxy) is 1. The molecule has 0 saturated carbocycles. The van der Waals surface area contributed by atoms with E-state index < -0.39 is 24.5 Å². The van der Waals surface area contributed by atoms with E-state index >= 15 is 0 Å². The fourth-order valence-electron chi connectivity index (χ4n) is 3.39. The van der Waals surface area contributed by atoms with Crippen molar-refractivity contribution in [2.45, 2.75) is 69.9 Å². The highest BCUT2D eigenvalue weighted by molar-refractivity contribution is 7.86. The normalized spacial score (nSPS) is 13.4. The average molecular weight is 527 g/mol. The van der Waals surface area contributed by atoms with Crippen LogP contribution in [-0.4, -0.2) is 29.4 Å². The van der Waals surface area contributed by atoms with Gasteiger partial charge in [-0.05, 0) is 66.9 Å². The van der Waals surface area contributed by atoms with Crippen LogP contribution in [0.4, 0.5) is 0 Å². The van der Waals surface area contributed by atoms with Crippen molar-refractivity contribution in [1.82, 2.24) is 0 Å². The SMILES string of the molecule is Cc1ccc(S(=O)(=O)OC[C@@H](Cc2ccc(OCc3ccccc3)cc2)O[Si](C)(C)C(C)(C)C)cc1. The molecular formula is C29H38O5SSi. The monoisotopic (exact) mass is 526 g/mol. The molecule has 7 heteroatoms. The van der Waals surface area contributed by atoms with E-state index in [4.69, 9.17) is 13.3 Å². The van der Waals surface area contributed by atoms with Gasteiger partial charge < -0.3 is 9.16 Å². The highest BCUT2D eigenvalue weighted by Crippen LogP contribution is 2.38. The van der Waals surface area contributed by atoms with Gasteiger partial charge in [-0.2, -0.15) is 8.42 Å². The molecule has 3 aromatic carbocycles. The highest BCUT2D eigenvalue weighted by atomic mass is 32.2. The largest absolute Gasteiger partial charge is 0.489 e. The third kappa shape index (κ3) is 8.03. The van der Waals surface area contributed by atoms with Crippen LogP contribution in [-0.2, 0) is 31.8 Å². The van der Waals surface area contributed by atoms with Crippen LogP contribution < -0.4 is 4.74 Å². The summed E-state index contributed by atoms with van der Waals surface area (Å²) >= 11 is 0. The van der Waals surface area contributed by atoms with E-state index in [1.165, 1.54) is 0 Å². The lowest BCUT2D eigenvalue weighted by Gasteiger charge is -2.39. The molecule has 0 aliphatic carbocycles. The Bertz CT molecular complexity index is 1200. The first-order chi connectivity index (χ1) is 16.9. The van der Waals surface area contributed by atoms with E-state index in [-0.39, 0.29) is 16.5 Å². The predicted octanol–water partition coefficient (Wildman–Crippen LogP) is 6.91. The zero-order valence-electron chi connectivity index (χ0n) is 22.2. The first-order valence-corrected chi connectivity index (χ1v) is 16.6. The van der Waals surface area contributed by atoms with Crippen LogP contribution in [0.25, 0.3) is 0 Å². The van der Waals surface area contributed by atoms with Gasteiger partial charge in [0.2, 0.25) is 0 Å². The molecule has 0 fully saturated rings. The number of rotatable bonds is 11. The van der Waals surface area contributed by atoms with E-state index in [1.54, 1.807) is 24.3 Å². The summed E-state index contributed by atoms with van der Waals surface area (Å²) in [5, 5.41) is -0.0176. The van der Waals surface area contributed by atoms with Gasteiger partial charge in [0.15, 0.2) is 8.32 Å². The van der Waals surface area contributed by atoms with Crippen LogP contribution in [0, 0.1) is 6.92 Å². The smallest absolute Gasteiger partial charge is 0.297 e. The summed E-state index contributed by atoms with van der Waals surface area (Å²) in [4.78, 5) is 0.152. The quantitative estimate of drug-likeness (QED) is 0.201. The molecule has 0 unspecified atom stereocenters. The standard InChI is InChI=1S/C29H38O5SSi/c1-23-12-18-28(19-13-23)35(30,31)33-22-27(34-36(5,6)29(2,3)4)20-24-14-16-26(17-15-24)32-21-25-10-8-7-9-11-25/h7-19,27H,20-22H2,1-6H3/t27-/m1/s1. The fraction of sp³-hybridized carbons (Fsp3) is 0.379. The molecule has 0 heterocycles. The maximum absolute atomic E-state index is 12.8. The van der Waals surface area contributed by atoms with Gasteiger partial charge in [-0.25, -0.2) is 0 Å². The molecule has 3 rings (SSSR count). The van der Waals surface area contributed by atoms with Gasteiger partial charge in [-0.3, -0.25) is 4.18 Å². The molecule has 0 radical (unpaired) electrons. The van der Waals surface area contributed by atoms with Gasteiger partial charge in [0.25, 0.3) is 10.1 Å². The number of benzene rings is 3. The molecule has 0 aromatic heterocycles. The van der Waals surface area contributed by atoms with E-state index in [9.17, 15) is 8.42 Å². The van der Waals surface area contributed by atoms with E-state index in [0.29, 0.717) is 13.0 Å². The summed E-state index contributed by atoms with van der Waals surface area (Å²) in [5.41, 5.74) is 3.13. The summed E-state index contributed by atoms with van der Waals surface area (Å²) in [6.45, 7) is 13.2. The van der Waals surface area contributed by atoms with Gasteiger partial charge in [0, 0.05) is 0 Å². The van der Waals surface area contributed by atoms with Crippen molar-refractivity contribution < 1.29 is 21.8 Å². The van der Waals surface area contributed by atoms with Crippen molar-refractivity contribution in [3.8, 4) is 5.75 Å². The van der Waals surface area contributed by atoms with E-state index in [2.05, 4.69) is 33.9 Å². The molecule has 1 atom stereocenters. The Kier molecular flexibility index (Phi) is 9.16. The van der Waals surface area contributed by atoms with Crippen LogP contribution in [0.15, 0.2) is 83.8 Å². The Morgan fingerprint density at radius 1 is 0.833 bits per heavy atom. The zero-order valence-corrected chi connectivity index (χ0v) is 24.0. The molecule has 194 valence electrons. The van der Waals surface area contributed by atoms with Crippen molar-refractivity contribution in [3.05, 3.63) is 95.6 Å². The first-order valence-electron chi connectivity index (χ1n) is 12.3. The molecule has 0 aliphatic rings. The van der Waals surface area contributed by atoms with Crippen molar-refractivity contribution >= 4 is 18.4 Å². The lowest BCUT2D eigenvalue weighted by atomic mass is 10.1. The summed E-state index contributed by atoms with van der Waals surface area (Å²) in [5.74, 6) is 0.780. The maximum Gasteiger partial charge on any atom is 0.297 e. The Labute approximate surface area is 217 Å².